The van der Waals surface area contributed by atoms with Gasteiger partial charge in [0.15, 0.2) is 0 Å². The van der Waals surface area contributed by atoms with Crippen molar-refractivity contribution in [1.82, 2.24) is 4.90 Å². The number of amides is 1. The highest BCUT2D eigenvalue weighted by atomic mass is 35.5. The van der Waals surface area contributed by atoms with E-state index in [2.05, 4.69) is 10.2 Å². The van der Waals surface area contributed by atoms with Crippen LogP contribution in [-0.2, 0) is 6.42 Å². The lowest BCUT2D eigenvalue weighted by atomic mass is 10.1. The first-order chi connectivity index (χ1) is 12.0. The molecular formula is C19H19Cl2FN2O. The lowest BCUT2D eigenvalue weighted by Crippen LogP contribution is -2.21. The normalized spacial score (nSPS) is 14.7. The fourth-order valence-electron chi connectivity index (χ4n) is 2.94. The molecule has 1 saturated heterocycles. The number of nitrogens with one attached hydrogen (secondary N) is 1. The van der Waals surface area contributed by atoms with Crippen LogP contribution in [0, 0.1) is 5.82 Å². The quantitative estimate of drug-likeness (QED) is 0.738. The highest BCUT2D eigenvalue weighted by Crippen LogP contribution is 2.25. The van der Waals surface area contributed by atoms with Gasteiger partial charge in [0.25, 0.3) is 5.91 Å². The maximum atomic E-state index is 13.5. The highest BCUT2D eigenvalue weighted by Gasteiger charge is 2.15. The maximum Gasteiger partial charge on any atom is 0.257 e. The van der Waals surface area contributed by atoms with Crippen LogP contribution in [0.3, 0.4) is 0 Å². The molecule has 0 unspecified atom stereocenters. The van der Waals surface area contributed by atoms with Gasteiger partial charge in [-0.15, -0.1) is 0 Å². The largest absolute Gasteiger partial charge is 0.322 e. The Hall–Kier alpha value is -1.62. The SMILES string of the molecule is O=C(Nc1ccc(CCN2CCCC2)cc1)c1cc(F)c(Cl)cc1Cl. The number of hydrogen-bond donors (Lipinski definition) is 1. The molecule has 25 heavy (non-hydrogen) atoms. The highest BCUT2D eigenvalue weighted by molar-refractivity contribution is 6.37. The number of benzene rings is 2. The average Bonchev–Trinajstić information content (AvgIpc) is 3.11. The van der Waals surface area contributed by atoms with E-state index in [1.165, 1.54) is 37.6 Å². The Morgan fingerprint density at radius 3 is 2.44 bits per heavy atom. The van der Waals surface area contributed by atoms with Crippen molar-refractivity contribution < 1.29 is 9.18 Å². The Balaban J connectivity index is 1.61. The summed E-state index contributed by atoms with van der Waals surface area (Å²) < 4.78 is 13.5. The Morgan fingerprint density at radius 2 is 1.76 bits per heavy atom. The molecule has 0 saturated carbocycles. The summed E-state index contributed by atoms with van der Waals surface area (Å²) in [5, 5.41) is 2.74. The second-order valence-corrected chi connectivity index (χ2v) is 7.01. The van der Waals surface area contributed by atoms with Crippen molar-refractivity contribution in [2.45, 2.75) is 19.3 Å². The standard InChI is InChI=1S/C19H19Cl2FN2O/c20-16-12-17(21)18(22)11-15(16)19(25)23-14-5-3-13(4-6-14)7-10-24-8-1-2-9-24/h3-6,11-12H,1-2,7-10H2,(H,23,25). The molecule has 1 N–H and O–H groups in total. The number of carbonyl (C=O) groups is 1. The van der Waals surface area contributed by atoms with Crippen LogP contribution in [0.1, 0.15) is 28.8 Å². The number of carbonyl (C=O) groups excluding carboxylic acids is 1. The Morgan fingerprint density at radius 1 is 1.08 bits per heavy atom. The van der Waals surface area contributed by atoms with Crippen molar-refractivity contribution in [2.24, 2.45) is 0 Å². The first kappa shape index (κ1) is 18.2. The van der Waals surface area contributed by atoms with E-state index >= 15 is 0 Å². The summed E-state index contributed by atoms with van der Waals surface area (Å²) in [4.78, 5) is 14.7. The molecule has 3 nitrogen and oxygen atoms in total. The summed E-state index contributed by atoms with van der Waals surface area (Å²) in [6.07, 6.45) is 3.57. The third-order valence-electron chi connectivity index (χ3n) is 4.38. The zero-order valence-corrected chi connectivity index (χ0v) is 15.2. The molecule has 2 aromatic carbocycles. The molecule has 0 atom stereocenters. The van der Waals surface area contributed by atoms with Gasteiger partial charge in [-0.2, -0.15) is 0 Å². The van der Waals surface area contributed by atoms with E-state index in [1.54, 1.807) is 0 Å². The summed E-state index contributed by atoms with van der Waals surface area (Å²) in [5.74, 6) is -1.14. The number of halogens is 3. The van der Waals surface area contributed by atoms with Crippen LogP contribution >= 0.6 is 23.2 Å². The van der Waals surface area contributed by atoms with Gasteiger partial charge in [0.1, 0.15) is 5.82 Å². The molecule has 0 radical (unpaired) electrons. The van der Waals surface area contributed by atoms with E-state index in [4.69, 9.17) is 23.2 Å². The van der Waals surface area contributed by atoms with Crippen molar-refractivity contribution >= 4 is 34.8 Å². The van der Waals surface area contributed by atoms with E-state index in [9.17, 15) is 9.18 Å². The van der Waals surface area contributed by atoms with Gasteiger partial charge < -0.3 is 10.2 Å². The van der Waals surface area contributed by atoms with Gasteiger partial charge in [-0.05, 0) is 62.2 Å². The number of rotatable bonds is 5. The lowest BCUT2D eigenvalue weighted by molar-refractivity contribution is 0.102. The van der Waals surface area contributed by atoms with Crippen molar-refractivity contribution in [1.29, 1.82) is 0 Å². The van der Waals surface area contributed by atoms with Crippen LogP contribution in [0.25, 0.3) is 0 Å². The first-order valence-electron chi connectivity index (χ1n) is 8.30. The molecule has 1 aliphatic heterocycles. The summed E-state index contributed by atoms with van der Waals surface area (Å²) in [6, 6.07) is 9.96. The van der Waals surface area contributed by atoms with Crippen LogP contribution < -0.4 is 5.32 Å². The average molecular weight is 381 g/mol. The summed E-state index contributed by atoms with van der Waals surface area (Å²) in [6.45, 7) is 3.43. The molecule has 3 rings (SSSR count). The monoisotopic (exact) mass is 380 g/mol. The summed E-state index contributed by atoms with van der Waals surface area (Å²) >= 11 is 11.6. The van der Waals surface area contributed by atoms with Crippen molar-refractivity contribution in [2.75, 3.05) is 25.0 Å². The van der Waals surface area contributed by atoms with Gasteiger partial charge in [-0.1, -0.05) is 35.3 Å². The smallest absolute Gasteiger partial charge is 0.257 e. The molecule has 6 heteroatoms. The van der Waals surface area contributed by atoms with Crippen LogP contribution in [0.5, 0.6) is 0 Å². The van der Waals surface area contributed by atoms with Gasteiger partial charge in [-0.3, -0.25) is 4.79 Å². The number of hydrogen-bond acceptors (Lipinski definition) is 2. The molecule has 2 aromatic rings. The van der Waals surface area contributed by atoms with E-state index in [0.29, 0.717) is 5.69 Å². The predicted molar refractivity (Wildman–Crippen MR) is 100 cm³/mol. The van der Waals surface area contributed by atoms with E-state index in [1.807, 2.05) is 24.3 Å². The fourth-order valence-corrected chi connectivity index (χ4v) is 3.41. The minimum absolute atomic E-state index is 0.0571. The van der Waals surface area contributed by atoms with Crippen LogP contribution in [0.4, 0.5) is 10.1 Å². The first-order valence-corrected chi connectivity index (χ1v) is 9.06. The molecule has 0 aromatic heterocycles. The van der Waals surface area contributed by atoms with E-state index < -0.39 is 11.7 Å². The van der Waals surface area contributed by atoms with Crippen molar-refractivity contribution in [3.05, 3.63) is 63.4 Å². The fraction of sp³-hybridized carbons (Fsp3) is 0.316. The molecule has 1 fully saturated rings. The molecule has 0 bridgehead atoms. The van der Waals surface area contributed by atoms with Crippen LogP contribution in [-0.4, -0.2) is 30.4 Å². The second-order valence-electron chi connectivity index (χ2n) is 6.20. The number of likely N-dealkylation sites (tertiary alicyclic amines) is 1. The zero-order chi connectivity index (χ0) is 17.8. The molecule has 1 amide bonds. The minimum Gasteiger partial charge on any atom is -0.322 e. The number of nitrogens with zero attached hydrogens (tertiary/aromatic N) is 1. The third kappa shape index (κ3) is 4.72. The Kier molecular flexibility index (Phi) is 5.94. The van der Waals surface area contributed by atoms with Gasteiger partial charge in [0.05, 0.1) is 15.6 Å². The van der Waals surface area contributed by atoms with Gasteiger partial charge in [0.2, 0.25) is 0 Å². The lowest BCUT2D eigenvalue weighted by Gasteiger charge is -2.14. The van der Waals surface area contributed by atoms with Gasteiger partial charge >= 0.3 is 0 Å². The maximum absolute atomic E-state index is 13.5. The Bertz CT molecular complexity index is 759. The minimum atomic E-state index is -0.673. The van der Waals surface area contributed by atoms with Crippen molar-refractivity contribution in [3.8, 4) is 0 Å². The Labute approximate surface area is 156 Å². The molecule has 0 aliphatic carbocycles. The summed E-state index contributed by atoms with van der Waals surface area (Å²) in [5.41, 5.74) is 1.92. The molecule has 0 spiro atoms. The van der Waals surface area contributed by atoms with E-state index in [0.717, 1.165) is 19.0 Å². The van der Waals surface area contributed by atoms with Crippen LogP contribution in [0.15, 0.2) is 36.4 Å². The van der Waals surface area contributed by atoms with Gasteiger partial charge in [-0.25, -0.2) is 4.39 Å². The third-order valence-corrected chi connectivity index (χ3v) is 4.98. The van der Waals surface area contributed by atoms with E-state index in [-0.39, 0.29) is 15.6 Å². The zero-order valence-electron chi connectivity index (χ0n) is 13.7. The number of anilines is 1. The van der Waals surface area contributed by atoms with Crippen LogP contribution in [0.2, 0.25) is 10.0 Å². The predicted octanol–water partition coefficient (Wildman–Crippen LogP) is 5.02. The molecule has 1 aliphatic rings. The summed E-state index contributed by atoms with van der Waals surface area (Å²) in [7, 11) is 0. The molecule has 132 valence electrons. The topological polar surface area (TPSA) is 32.3 Å². The van der Waals surface area contributed by atoms with Gasteiger partial charge in [0, 0.05) is 12.2 Å². The molecule has 1 heterocycles. The van der Waals surface area contributed by atoms with Crippen molar-refractivity contribution in [3.63, 3.8) is 0 Å². The molecular weight excluding hydrogens is 362 g/mol. The second kappa shape index (κ2) is 8.17.